The molecule has 0 radical (unpaired) electrons. The zero-order chi connectivity index (χ0) is 26.3. The lowest BCUT2D eigenvalue weighted by atomic mass is 9.52. The minimum absolute atomic E-state index is 0.0797. The first-order chi connectivity index (χ1) is 19.1. The Morgan fingerprint density at radius 2 is 1.51 bits per heavy atom. The molecule has 5 nitrogen and oxygen atoms in total. The fourth-order valence-corrected chi connectivity index (χ4v) is 9.12. The third kappa shape index (κ3) is 3.28. The second-order valence-corrected chi connectivity index (χ2v) is 12.3. The Bertz CT molecular complexity index is 1580. The van der Waals surface area contributed by atoms with E-state index in [1.165, 1.54) is 19.3 Å². The summed E-state index contributed by atoms with van der Waals surface area (Å²) in [5.74, 6) is 3.99. The molecular weight excluding hydrogens is 484 g/mol. The molecule has 4 saturated carbocycles. The first kappa shape index (κ1) is 23.2. The molecule has 2 heterocycles. The van der Waals surface area contributed by atoms with Gasteiger partial charge in [0.05, 0.1) is 26.0 Å². The van der Waals surface area contributed by atoms with Crippen LogP contribution < -0.4 is 9.47 Å². The van der Waals surface area contributed by atoms with Gasteiger partial charge in [-0.3, -0.25) is 4.79 Å². The lowest BCUT2D eigenvalue weighted by molar-refractivity contribution is -0.0805. The van der Waals surface area contributed by atoms with Crippen LogP contribution >= 0.6 is 0 Å². The molecule has 5 heteroatoms. The Hall–Kier alpha value is -3.73. The summed E-state index contributed by atoms with van der Waals surface area (Å²) in [5, 5.41) is 1.15. The van der Waals surface area contributed by atoms with Crippen molar-refractivity contribution in [1.82, 2.24) is 9.88 Å². The van der Waals surface area contributed by atoms with E-state index < -0.39 is 0 Å². The first-order valence-corrected chi connectivity index (χ1v) is 14.3. The zero-order valence-corrected chi connectivity index (χ0v) is 22.6. The van der Waals surface area contributed by atoms with Crippen molar-refractivity contribution in [3.8, 4) is 22.8 Å². The van der Waals surface area contributed by atoms with Crippen molar-refractivity contribution in [2.45, 2.75) is 50.1 Å². The number of hydrogen-bond donors (Lipinski definition) is 1. The molecule has 1 unspecified atom stereocenters. The van der Waals surface area contributed by atoms with Crippen molar-refractivity contribution in [2.24, 2.45) is 17.8 Å². The standard InChI is InChI=1S/C34H34N2O3/c1-38-23-11-12-29(39-2)27(16-23)31-30(26-9-5-6-10-28(26)35-31)32-24-7-3-4-8-25(24)33(37)36(32)34-17-20-13-21(18-34)15-22(14-20)19-34/h3-12,16,20-22,32,35H,13-15,17-19H2,1-2H3. The summed E-state index contributed by atoms with van der Waals surface area (Å²) in [6.07, 6.45) is 7.44. The van der Waals surface area contributed by atoms with Crippen molar-refractivity contribution in [3.63, 3.8) is 0 Å². The molecule has 4 aromatic rings. The molecule has 1 aromatic heterocycles. The van der Waals surface area contributed by atoms with Crippen LogP contribution in [0.5, 0.6) is 11.5 Å². The lowest BCUT2D eigenvalue weighted by Crippen LogP contribution is -2.61. The van der Waals surface area contributed by atoms with Gasteiger partial charge in [0.1, 0.15) is 11.5 Å². The predicted octanol–water partition coefficient (Wildman–Crippen LogP) is 7.37. The fraction of sp³-hybridized carbons (Fsp3) is 0.382. The number of ether oxygens (including phenoxy) is 2. The molecule has 4 bridgehead atoms. The number of carbonyl (C=O) groups excluding carboxylic acids is 1. The molecule has 1 atom stereocenters. The van der Waals surface area contributed by atoms with Gasteiger partial charge in [-0.05, 0) is 92.2 Å². The van der Waals surface area contributed by atoms with Crippen molar-refractivity contribution < 1.29 is 14.3 Å². The Labute approximate surface area is 229 Å². The predicted molar refractivity (Wildman–Crippen MR) is 152 cm³/mol. The third-order valence-electron chi connectivity index (χ3n) is 10.2. The highest BCUT2D eigenvalue weighted by Crippen LogP contribution is 2.61. The van der Waals surface area contributed by atoms with Crippen molar-refractivity contribution in [3.05, 3.63) is 83.4 Å². The average molecular weight is 519 g/mol. The number of aromatic amines is 1. The molecular formula is C34H34N2O3. The summed E-state index contributed by atoms with van der Waals surface area (Å²) < 4.78 is 11.5. The van der Waals surface area contributed by atoms with Gasteiger partial charge >= 0.3 is 0 Å². The van der Waals surface area contributed by atoms with Gasteiger partial charge in [-0.15, -0.1) is 0 Å². The summed E-state index contributed by atoms with van der Waals surface area (Å²) in [5.41, 5.74) is 6.06. The normalized spacial score (nSPS) is 28.8. The number of methoxy groups -OCH3 is 2. The summed E-state index contributed by atoms with van der Waals surface area (Å²) in [7, 11) is 3.40. The maximum Gasteiger partial charge on any atom is 0.255 e. The number of nitrogens with zero attached hydrogens (tertiary/aromatic N) is 1. The monoisotopic (exact) mass is 518 g/mol. The van der Waals surface area contributed by atoms with E-state index in [4.69, 9.17) is 9.47 Å². The van der Waals surface area contributed by atoms with Gasteiger partial charge in [0.25, 0.3) is 5.91 Å². The molecule has 4 aliphatic carbocycles. The van der Waals surface area contributed by atoms with E-state index in [0.29, 0.717) is 0 Å². The number of para-hydroxylation sites is 1. The number of rotatable bonds is 5. The van der Waals surface area contributed by atoms with E-state index in [0.717, 1.165) is 87.4 Å². The number of aromatic nitrogens is 1. The van der Waals surface area contributed by atoms with Crippen LogP contribution in [-0.2, 0) is 0 Å². The molecule has 5 aliphatic rings. The SMILES string of the molecule is COc1ccc(OC)c(-c2[nH]c3ccccc3c2C2c3ccccc3C(=O)N2C23CC4CC(CC(C4)C2)C3)c1. The minimum atomic E-state index is -0.160. The smallest absolute Gasteiger partial charge is 0.255 e. The number of nitrogens with one attached hydrogen (secondary N) is 1. The van der Waals surface area contributed by atoms with Crippen LogP contribution in [0.2, 0.25) is 0 Å². The number of H-pyrrole nitrogens is 1. The van der Waals surface area contributed by atoms with Gasteiger partial charge in [0.2, 0.25) is 0 Å². The minimum Gasteiger partial charge on any atom is -0.497 e. The molecule has 0 spiro atoms. The molecule has 9 rings (SSSR count). The number of fused-ring (bicyclic) bond motifs is 2. The largest absolute Gasteiger partial charge is 0.497 e. The van der Waals surface area contributed by atoms with E-state index in [2.05, 4.69) is 46.3 Å². The number of hydrogen-bond acceptors (Lipinski definition) is 3. The number of carbonyl (C=O) groups is 1. The van der Waals surface area contributed by atoms with Gasteiger partial charge in [-0.1, -0.05) is 36.4 Å². The summed E-state index contributed by atoms with van der Waals surface area (Å²) >= 11 is 0. The second kappa shape index (κ2) is 8.38. The molecule has 1 N–H and O–H groups in total. The Kier molecular flexibility index (Phi) is 4.98. The van der Waals surface area contributed by atoms with Gasteiger partial charge < -0.3 is 19.4 Å². The van der Waals surface area contributed by atoms with Crippen molar-refractivity contribution in [2.75, 3.05) is 14.2 Å². The summed E-state index contributed by atoms with van der Waals surface area (Å²) in [6, 6.07) is 22.6. The topological polar surface area (TPSA) is 54.6 Å². The number of benzene rings is 3. The van der Waals surface area contributed by atoms with Gasteiger partial charge in [0, 0.05) is 33.1 Å². The lowest BCUT2D eigenvalue weighted by Gasteiger charge is -2.61. The van der Waals surface area contributed by atoms with Crippen molar-refractivity contribution in [1.29, 1.82) is 0 Å². The van der Waals surface area contributed by atoms with Crippen LogP contribution in [0.3, 0.4) is 0 Å². The van der Waals surface area contributed by atoms with Crippen LogP contribution in [0.15, 0.2) is 66.7 Å². The maximum absolute atomic E-state index is 14.5. The second-order valence-electron chi connectivity index (χ2n) is 12.3. The quantitative estimate of drug-likeness (QED) is 0.300. The van der Waals surface area contributed by atoms with Gasteiger partial charge in [0.15, 0.2) is 0 Å². The molecule has 4 fully saturated rings. The van der Waals surface area contributed by atoms with E-state index >= 15 is 0 Å². The molecule has 198 valence electrons. The summed E-state index contributed by atoms with van der Waals surface area (Å²) in [6.45, 7) is 0. The maximum atomic E-state index is 14.5. The van der Waals surface area contributed by atoms with E-state index in [-0.39, 0.29) is 17.5 Å². The Morgan fingerprint density at radius 3 is 2.23 bits per heavy atom. The van der Waals surface area contributed by atoms with E-state index in [1.54, 1.807) is 14.2 Å². The highest BCUT2D eigenvalue weighted by molar-refractivity contribution is 6.03. The Balaban J connectivity index is 1.40. The highest BCUT2D eigenvalue weighted by Gasteiger charge is 2.58. The summed E-state index contributed by atoms with van der Waals surface area (Å²) in [4.78, 5) is 20.6. The van der Waals surface area contributed by atoms with Crippen LogP contribution in [0.25, 0.3) is 22.2 Å². The van der Waals surface area contributed by atoms with Crippen LogP contribution in [0.4, 0.5) is 0 Å². The van der Waals surface area contributed by atoms with Crippen LogP contribution in [-0.4, -0.2) is 35.5 Å². The third-order valence-corrected chi connectivity index (χ3v) is 10.2. The molecule has 1 aliphatic heterocycles. The first-order valence-electron chi connectivity index (χ1n) is 14.3. The van der Waals surface area contributed by atoms with Gasteiger partial charge in [-0.25, -0.2) is 0 Å². The molecule has 39 heavy (non-hydrogen) atoms. The van der Waals surface area contributed by atoms with E-state index in [9.17, 15) is 4.79 Å². The zero-order valence-electron chi connectivity index (χ0n) is 22.6. The fourth-order valence-electron chi connectivity index (χ4n) is 9.12. The number of amides is 1. The van der Waals surface area contributed by atoms with E-state index in [1.807, 2.05) is 30.3 Å². The molecule has 1 amide bonds. The molecule has 3 aromatic carbocycles. The van der Waals surface area contributed by atoms with Crippen molar-refractivity contribution >= 4 is 16.8 Å². The Morgan fingerprint density at radius 1 is 0.821 bits per heavy atom. The molecule has 0 saturated heterocycles. The average Bonchev–Trinajstić information content (AvgIpc) is 3.47. The van der Waals surface area contributed by atoms with Gasteiger partial charge in [-0.2, -0.15) is 0 Å². The van der Waals surface area contributed by atoms with Crippen LogP contribution in [0.1, 0.15) is 66.1 Å². The van der Waals surface area contributed by atoms with Crippen LogP contribution in [0, 0.1) is 17.8 Å². The highest BCUT2D eigenvalue weighted by atomic mass is 16.5.